The van der Waals surface area contributed by atoms with Crippen LogP contribution in [-0.2, 0) is 20.0 Å². The Bertz CT molecular complexity index is 1150. The van der Waals surface area contributed by atoms with Crippen LogP contribution in [0.3, 0.4) is 0 Å². The van der Waals surface area contributed by atoms with E-state index in [1.54, 1.807) is 12.1 Å². The van der Waals surface area contributed by atoms with Crippen LogP contribution in [0.4, 0.5) is 14.6 Å². The second-order valence-electron chi connectivity index (χ2n) is 9.27. The molecule has 6 nitrogen and oxygen atoms in total. The van der Waals surface area contributed by atoms with Crippen molar-refractivity contribution < 1.29 is 22.0 Å². The second kappa shape index (κ2) is 7.50. The fourth-order valence-corrected chi connectivity index (χ4v) is 5.86. The largest absolute Gasteiger partial charge is 0.352 e. The van der Waals surface area contributed by atoms with E-state index in [-0.39, 0.29) is 28.9 Å². The summed E-state index contributed by atoms with van der Waals surface area (Å²) in [5.74, 6) is -1.19. The molecule has 3 fully saturated rings. The maximum Gasteiger partial charge on any atom is 0.230 e. The lowest BCUT2D eigenvalue weighted by Crippen LogP contribution is -2.52. The SMILES string of the molecule is CS(=O)(=O)c1ccc(N2[C@@H]3CC[C@H]2C[C@@H](NC(=O)C2(c4ccc(F)c(F)c4)CC2)C3)nc1. The highest BCUT2D eigenvalue weighted by atomic mass is 32.2. The fraction of sp³-hybridized carbons (Fsp3) is 0.478. The number of carbonyl (C=O) groups excluding carboxylic acids is 1. The number of pyridine rings is 1. The van der Waals surface area contributed by atoms with E-state index in [1.165, 1.54) is 12.3 Å². The molecule has 3 heterocycles. The number of nitrogens with zero attached hydrogens (tertiary/aromatic N) is 2. The van der Waals surface area contributed by atoms with E-state index in [9.17, 15) is 22.0 Å². The first-order valence-electron chi connectivity index (χ1n) is 10.9. The number of hydrogen-bond acceptors (Lipinski definition) is 5. The molecule has 2 aliphatic heterocycles. The molecule has 5 rings (SSSR count). The van der Waals surface area contributed by atoms with Crippen molar-refractivity contribution in [2.45, 2.75) is 67.0 Å². The molecule has 1 amide bonds. The van der Waals surface area contributed by atoms with Gasteiger partial charge < -0.3 is 10.2 Å². The Hall–Kier alpha value is -2.55. The summed E-state index contributed by atoms with van der Waals surface area (Å²) in [6.07, 6.45) is 7.34. The number of aromatic nitrogens is 1. The highest BCUT2D eigenvalue weighted by molar-refractivity contribution is 7.90. The van der Waals surface area contributed by atoms with E-state index in [4.69, 9.17) is 0 Å². The smallest absolute Gasteiger partial charge is 0.230 e. The average molecular weight is 462 g/mol. The molecule has 0 spiro atoms. The van der Waals surface area contributed by atoms with Crippen molar-refractivity contribution in [1.29, 1.82) is 0 Å². The number of fused-ring (bicyclic) bond motifs is 2. The van der Waals surface area contributed by atoms with Crippen LogP contribution in [0.25, 0.3) is 0 Å². The lowest BCUT2D eigenvalue weighted by atomic mass is 9.92. The molecular weight excluding hydrogens is 436 g/mol. The summed E-state index contributed by atoms with van der Waals surface area (Å²) in [6.45, 7) is 0. The Morgan fingerprint density at radius 2 is 1.78 bits per heavy atom. The van der Waals surface area contributed by atoms with Crippen LogP contribution < -0.4 is 10.2 Å². The molecule has 2 aromatic rings. The molecule has 1 saturated carbocycles. The molecule has 0 unspecified atom stereocenters. The quantitative estimate of drug-likeness (QED) is 0.740. The van der Waals surface area contributed by atoms with Crippen molar-refractivity contribution in [2.75, 3.05) is 11.2 Å². The number of hydrogen-bond donors (Lipinski definition) is 1. The van der Waals surface area contributed by atoms with Gasteiger partial charge in [-0.25, -0.2) is 22.2 Å². The Morgan fingerprint density at radius 1 is 1.09 bits per heavy atom. The number of amides is 1. The molecule has 2 bridgehead atoms. The summed E-state index contributed by atoms with van der Waals surface area (Å²) >= 11 is 0. The van der Waals surface area contributed by atoms with Crippen molar-refractivity contribution >= 4 is 21.6 Å². The van der Waals surface area contributed by atoms with E-state index < -0.39 is 26.9 Å². The predicted molar refractivity (Wildman–Crippen MR) is 115 cm³/mol. The highest BCUT2D eigenvalue weighted by Gasteiger charge is 2.52. The number of piperidine rings is 1. The average Bonchev–Trinajstić information content (AvgIpc) is 3.51. The third-order valence-corrected chi connectivity index (χ3v) is 8.24. The summed E-state index contributed by atoms with van der Waals surface area (Å²) in [5.41, 5.74) is -0.224. The summed E-state index contributed by atoms with van der Waals surface area (Å²) in [6, 6.07) is 7.51. The zero-order chi connectivity index (χ0) is 22.7. The molecule has 1 aromatic carbocycles. The topological polar surface area (TPSA) is 79.4 Å². The normalized spacial score (nSPS) is 26.1. The van der Waals surface area contributed by atoms with Crippen LogP contribution >= 0.6 is 0 Å². The molecule has 1 aliphatic carbocycles. The van der Waals surface area contributed by atoms with Gasteiger partial charge in [0.1, 0.15) is 5.82 Å². The standard InChI is InChI=1S/C23H25F2N3O3S/c1-32(30,31)18-5-7-21(26-13-18)28-16-3-4-17(28)12-15(11-16)27-22(29)23(8-9-23)14-2-6-19(24)20(25)10-14/h2,5-7,10,13,15-17H,3-4,8-9,11-12H2,1H3,(H,27,29)/t15-,16+,17-. The molecule has 3 aliphatic rings. The first kappa shape index (κ1) is 21.3. The zero-order valence-corrected chi connectivity index (χ0v) is 18.5. The maximum absolute atomic E-state index is 13.7. The minimum atomic E-state index is -3.29. The Balaban J connectivity index is 1.28. The molecule has 1 aromatic heterocycles. The molecule has 32 heavy (non-hydrogen) atoms. The number of anilines is 1. The molecule has 170 valence electrons. The molecular formula is C23H25F2N3O3S. The van der Waals surface area contributed by atoms with E-state index in [0.29, 0.717) is 18.4 Å². The minimum Gasteiger partial charge on any atom is -0.352 e. The van der Waals surface area contributed by atoms with Crippen LogP contribution in [0.5, 0.6) is 0 Å². The number of sulfone groups is 1. The van der Waals surface area contributed by atoms with Gasteiger partial charge in [0.15, 0.2) is 21.5 Å². The number of rotatable bonds is 5. The van der Waals surface area contributed by atoms with Gasteiger partial charge in [-0.05, 0) is 68.4 Å². The number of nitrogens with one attached hydrogen (secondary N) is 1. The van der Waals surface area contributed by atoms with Gasteiger partial charge in [0.25, 0.3) is 0 Å². The number of carbonyl (C=O) groups is 1. The van der Waals surface area contributed by atoms with Crippen LogP contribution in [0.15, 0.2) is 41.4 Å². The van der Waals surface area contributed by atoms with E-state index in [1.807, 2.05) is 0 Å². The van der Waals surface area contributed by atoms with Gasteiger partial charge in [-0.2, -0.15) is 0 Å². The van der Waals surface area contributed by atoms with Crippen molar-refractivity contribution in [3.63, 3.8) is 0 Å². The van der Waals surface area contributed by atoms with Crippen LogP contribution in [0.2, 0.25) is 0 Å². The van der Waals surface area contributed by atoms with Gasteiger partial charge >= 0.3 is 0 Å². The first-order valence-corrected chi connectivity index (χ1v) is 12.8. The van der Waals surface area contributed by atoms with Crippen LogP contribution in [0, 0.1) is 11.6 Å². The molecule has 2 saturated heterocycles. The van der Waals surface area contributed by atoms with Gasteiger partial charge in [0.05, 0.1) is 10.3 Å². The Morgan fingerprint density at radius 3 is 2.31 bits per heavy atom. The second-order valence-corrected chi connectivity index (χ2v) is 11.3. The summed E-state index contributed by atoms with van der Waals surface area (Å²) in [5, 5.41) is 3.17. The van der Waals surface area contributed by atoms with Gasteiger partial charge in [-0.1, -0.05) is 6.07 Å². The monoisotopic (exact) mass is 461 g/mol. The third kappa shape index (κ3) is 3.66. The predicted octanol–water partition coefficient (Wildman–Crippen LogP) is 3.11. The third-order valence-electron chi connectivity index (χ3n) is 7.14. The summed E-state index contributed by atoms with van der Waals surface area (Å²) < 4.78 is 50.4. The number of benzene rings is 1. The Kier molecular flexibility index (Phi) is 5.00. The zero-order valence-electron chi connectivity index (χ0n) is 17.7. The van der Waals surface area contributed by atoms with Gasteiger partial charge in [-0.3, -0.25) is 4.79 Å². The van der Waals surface area contributed by atoms with Crippen molar-refractivity contribution in [1.82, 2.24) is 10.3 Å². The van der Waals surface area contributed by atoms with E-state index in [2.05, 4.69) is 15.2 Å². The fourth-order valence-electron chi connectivity index (χ4n) is 5.30. The molecule has 3 atom stereocenters. The van der Waals surface area contributed by atoms with Crippen molar-refractivity contribution in [3.05, 3.63) is 53.7 Å². The Labute approximate surface area is 185 Å². The van der Waals surface area contributed by atoms with E-state index in [0.717, 1.165) is 49.9 Å². The first-order chi connectivity index (χ1) is 15.2. The van der Waals surface area contributed by atoms with Crippen molar-refractivity contribution in [3.8, 4) is 0 Å². The molecule has 9 heteroatoms. The van der Waals surface area contributed by atoms with Gasteiger partial charge in [-0.15, -0.1) is 0 Å². The van der Waals surface area contributed by atoms with E-state index >= 15 is 0 Å². The highest BCUT2D eigenvalue weighted by Crippen LogP contribution is 2.49. The van der Waals surface area contributed by atoms with Crippen LogP contribution in [-0.4, -0.2) is 43.7 Å². The van der Waals surface area contributed by atoms with Crippen LogP contribution in [0.1, 0.15) is 44.1 Å². The summed E-state index contributed by atoms with van der Waals surface area (Å²) in [4.78, 5) is 19.9. The van der Waals surface area contributed by atoms with Crippen molar-refractivity contribution in [2.24, 2.45) is 0 Å². The molecule has 0 radical (unpaired) electrons. The van der Waals surface area contributed by atoms with Gasteiger partial charge in [0, 0.05) is 30.6 Å². The lowest BCUT2D eigenvalue weighted by molar-refractivity contribution is -0.124. The maximum atomic E-state index is 13.7. The minimum absolute atomic E-state index is 0.00862. The molecule has 1 N–H and O–H groups in total. The number of halogens is 2. The summed E-state index contributed by atoms with van der Waals surface area (Å²) in [7, 11) is -3.29. The lowest BCUT2D eigenvalue weighted by Gasteiger charge is -2.40. The van der Waals surface area contributed by atoms with Gasteiger partial charge in [0.2, 0.25) is 5.91 Å².